The Bertz CT molecular complexity index is 1020. The number of thioether (sulfide) groups is 1. The Morgan fingerprint density at radius 3 is 2.42 bits per heavy atom. The lowest BCUT2D eigenvalue weighted by atomic mass is 10.3. The minimum Gasteiger partial charge on any atom is -0.207 e. The Labute approximate surface area is 152 Å². The van der Waals surface area contributed by atoms with Crippen molar-refractivity contribution in [2.75, 3.05) is 0 Å². The highest BCUT2D eigenvalue weighted by atomic mass is 32.2. The first-order valence-electron chi connectivity index (χ1n) is 7.77. The number of benzene rings is 2. The maximum atomic E-state index is 13.5. The standard InChI is InChI=1S/C16H13FN8S/c1-11(15-18-20-22-24(15)13-7-3-2-4-8-13)26-16-19-21-23-25(16)14-9-5-6-12(17)10-14/h2-11H,1H3/t11-/m0/s1. The Morgan fingerprint density at radius 1 is 0.885 bits per heavy atom. The third-order valence-electron chi connectivity index (χ3n) is 3.63. The average Bonchev–Trinajstić information content (AvgIpc) is 3.32. The lowest BCUT2D eigenvalue weighted by molar-refractivity contribution is 0.623. The molecule has 0 saturated heterocycles. The Kier molecular flexibility index (Phi) is 4.40. The van der Waals surface area contributed by atoms with Crippen molar-refractivity contribution >= 4 is 11.8 Å². The number of nitrogens with zero attached hydrogens (tertiary/aromatic N) is 8. The zero-order valence-electron chi connectivity index (χ0n) is 13.6. The van der Waals surface area contributed by atoms with E-state index in [1.165, 1.54) is 28.6 Å². The highest BCUT2D eigenvalue weighted by Crippen LogP contribution is 2.33. The van der Waals surface area contributed by atoms with Gasteiger partial charge in [-0.05, 0) is 58.1 Å². The molecule has 0 aliphatic carbocycles. The van der Waals surface area contributed by atoms with Crippen molar-refractivity contribution in [2.45, 2.75) is 17.3 Å². The summed E-state index contributed by atoms with van der Waals surface area (Å²) in [6.45, 7) is 1.96. The van der Waals surface area contributed by atoms with Gasteiger partial charge in [-0.3, -0.25) is 0 Å². The smallest absolute Gasteiger partial charge is 0.207 e. The second kappa shape index (κ2) is 7.00. The van der Waals surface area contributed by atoms with Gasteiger partial charge in [0.2, 0.25) is 5.16 Å². The van der Waals surface area contributed by atoms with Gasteiger partial charge in [0.15, 0.2) is 5.82 Å². The predicted octanol–water partition coefficient (Wildman–Crippen LogP) is 2.63. The van der Waals surface area contributed by atoms with Gasteiger partial charge in [-0.1, -0.05) is 36.0 Å². The van der Waals surface area contributed by atoms with E-state index in [4.69, 9.17) is 0 Å². The fourth-order valence-corrected chi connectivity index (χ4v) is 3.33. The molecule has 0 amide bonds. The lowest BCUT2D eigenvalue weighted by Crippen LogP contribution is -2.06. The molecular weight excluding hydrogens is 355 g/mol. The molecule has 2 aromatic carbocycles. The summed E-state index contributed by atoms with van der Waals surface area (Å²) in [5.74, 6) is 0.310. The number of tetrazole rings is 2. The minimum absolute atomic E-state index is 0.136. The van der Waals surface area contributed by atoms with Crippen LogP contribution in [0.2, 0.25) is 0 Å². The van der Waals surface area contributed by atoms with Crippen LogP contribution in [0.25, 0.3) is 11.4 Å². The lowest BCUT2D eigenvalue weighted by Gasteiger charge is -2.11. The molecule has 8 nitrogen and oxygen atoms in total. The molecule has 2 aromatic heterocycles. The van der Waals surface area contributed by atoms with E-state index >= 15 is 0 Å². The molecule has 4 aromatic rings. The number of rotatable bonds is 5. The third kappa shape index (κ3) is 3.18. The largest absolute Gasteiger partial charge is 0.214 e. The van der Waals surface area contributed by atoms with Crippen molar-refractivity contribution in [2.24, 2.45) is 0 Å². The van der Waals surface area contributed by atoms with E-state index in [9.17, 15) is 4.39 Å². The van der Waals surface area contributed by atoms with E-state index in [2.05, 4.69) is 31.1 Å². The summed E-state index contributed by atoms with van der Waals surface area (Å²) in [7, 11) is 0. The van der Waals surface area contributed by atoms with Crippen molar-refractivity contribution in [3.05, 3.63) is 66.2 Å². The highest BCUT2D eigenvalue weighted by molar-refractivity contribution is 7.99. The summed E-state index contributed by atoms with van der Waals surface area (Å²) in [5, 5.41) is 24.1. The third-order valence-corrected chi connectivity index (χ3v) is 4.66. The van der Waals surface area contributed by atoms with Crippen LogP contribution in [0.1, 0.15) is 18.0 Å². The SMILES string of the molecule is C[C@H](Sc1nnnn1-c1cccc(F)c1)c1nnnn1-c1ccccc1. The van der Waals surface area contributed by atoms with Gasteiger partial charge in [-0.15, -0.1) is 10.2 Å². The van der Waals surface area contributed by atoms with Gasteiger partial charge in [0.1, 0.15) is 5.82 Å². The number of halogens is 1. The summed E-state index contributed by atoms with van der Waals surface area (Å²) in [6, 6.07) is 15.7. The van der Waals surface area contributed by atoms with Gasteiger partial charge in [-0.2, -0.15) is 9.36 Å². The maximum Gasteiger partial charge on any atom is 0.214 e. The molecule has 4 rings (SSSR count). The highest BCUT2D eigenvalue weighted by Gasteiger charge is 2.20. The van der Waals surface area contributed by atoms with Crippen LogP contribution < -0.4 is 0 Å². The van der Waals surface area contributed by atoms with Crippen molar-refractivity contribution in [1.82, 2.24) is 40.4 Å². The van der Waals surface area contributed by atoms with E-state index in [1.807, 2.05) is 37.3 Å². The van der Waals surface area contributed by atoms with Crippen molar-refractivity contribution < 1.29 is 4.39 Å². The van der Waals surface area contributed by atoms with E-state index in [0.717, 1.165) is 5.69 Å². The average molecular weight is 368 g/mol. The second-order valence-electron chi connectivity index (χ2n) is 5.40. The topological polar surface area (TPSA) is 87.2 Å². The van der Waals surface area contributed by atoms with E-state index < -0.39 is 0 Å². The monoisotopic (exact) mass is 368 g/mol. The molecular formula is C16H13FN8S. The summed E-state index contributed by atoms with van der Waals surface area (Å²) in [5.41, 5.74) is 1.41. The van der Waals surface area contributed by atoms with Crippen LogP contribution >= 0.6 is 11.8 Å². The molecule has 0 fully saturated rings. The molecule has 0 N–H and O–H groups in total. The molecule has 0 spiro atoms. The fraction of sp³-hybridized carbons (Fsp3) is 0.125. The molecule has 0 unspecified atom stereocenters. The van der Waals surface area contributed by atoms with Crippen LogP contribution in [0.4, 0.5) is 4.39 Å². The zero-order chi connectivity index (χ0) is 17.9. The Balaban J connectivity index is 1.62. The maximum absolute atomic E-state index is 13.5. The van der Waals surface area contributed by atoms with Crippen molar-refractivity contribution in [3.63, 3.8) is 0 Å². The first-order valence-corrected chi connectivity index (χ1v) is 8.65. The zero-order valence-corrected chi connectivity index (χ0v) is 14.5. The van der Waals surface area contributed by atoms with Crippen LogP contribution in [-0.2, 0) is 0 Å². The number of hydrogen-bond donors (Lipinski definition) is 0. The normalized spacial score (nSPS) is 12.2. The molecule has 130 valence electrons. The van der Waals surface area contributed by atoms with Gasteiger partial charge < -0.3 is 0 Å². The molecule has 0 saturated carbocycles. The molecule has 10 heteroatoms. The van der Waals surface area contributed by atoms with E-state index in [0.29, 0.717) is 16.7 Å². The summed E-state index contributed by atoms with van der Waals surface area (Å²) < 4.78 is 16.7. The van der Waals surface area contributed by atoms with Crippen LogP contribution in [0.5, 0.6) is 0 Å². The first-order chi connectivity index (χ1) is 12.7. The van der Waals surface area contributed by atoms with Gasteiger partial charge in [-0.25, -0.2) is 4.39 Å². The van der Waals surface area contributed by atoms with E-state index in [1.54, 1.807) is 16.8 Å². The first kappa shape index (κ1) is 16.3. The van der Waals surface area contributed by atoms with Crippen LogP contribution in [0.3, 0.4) is 0 Å². The summed E-state index contributed by atoms with van der Waals surface area (Å²) in [4.78, 5) is 0. The molecule has 0 aliphatic heterocycles. The van der Waals surface area contributed by atoms with Crippen LogP contribution in [-0.4, -0.2) is 40.4 Å². The Hall–Kier alpha value is -3.14. The molecule has 26 heavy (non-hydrogen) atoms. The van der Waals surface area contributed by atoms with Gasteiger partial charge >= 0.3 is 0 Å². The molecule has 1 atom stereocenters. The van der Waals surface area contributed by atoms with Crippen LogP contribution in [0, 0.1) is 5.82 Å². The Morgan fingerprint density at radius 2 is 1.62 bits per heavy atom. The van der Waals surface area contributed by atoms with Crippen LogP contribution in [0.15, 0.2) is 59.8 Å². The summed E-state index contributed by atoms with van der Waals surface area (Å²) >= 11 is 1.39. The number of hydrogen-bond acceptors (Lipinski definition) is 7. The minimum atomic E-state index is -0.352. The number of para-hydroxylation sites is 1. The van der Waals surface area contributed by atoms with Gasteiger partial charge in [0.25, 0.3) is 0 Å². The molecule has 0 bridgehead atoms. The van der Waals surface area contributed by atoms with Crippen molar-refractivity contribution in [3.8, 4) is 11.4 Å². The van der Waals surface area contributed by atoms with E-state index in [-0.39, 0.29) is 11.1 Å². The molecule has 0 aliphatic rings. The fourth-order valence-electron chi connectivity index (χ4n) is 2.43. The second-order valence-corrected chi connectivity index (χ2v) is 6.71. The number of aromatic nitrogens is 8. The quantitative estimate of drug-likeness (QED) is 0.500. The van der Waals surface area contributed by atoms with Crippen molar-refractivity contribution in [1.29, 1.82) is 0 Å². The van der Waals surface area contributed by atoms with Gasteiger partial charge in [0.05, 0.1) is 16.6 Å². The molecule has 2 heterocycles. The summed E-state index contributed by atoms with van der Waals surface area (Å²) in [6.07, 6.45) is 0. The molecule has 0 radical (unpaired) electrons. The van der Waals surface area contributed by atoms with Gasteiger partial charge in [0, 0.05) is 0 Å². The predicted molar refractivity (Wildman–Crippen MR) is 92.5 cm³/mol.